The van der Waals surface area contributed by atoms with Gasteiger partial charge in [-0.15, -0.1) is 0 Å². The Morgan fingerprint density at radius 2 is 1.62 bits per heavy atom. The van der Waals surface area contributed by atoms with Crippen LogP contribution < -0.4 is 0 Å². The van der Waals surface area contributed by atoms with Gasteiger partial charge in [0.2, 0.25) is 0 Å². The van der Waals surface area contributed by atoms with Crippen molar-refractivity contribution in [3.8, 4) is 22.4 Å². The van der Waals surface area contributed by atoms with Crippen LogP contribution in [0.2, 0.25) is 0 Å². The number of carboxylic acids is 1. The lowest BCUT2D eigenvalue weighted by molar-refractivity contribution is -0.139. The number of aliphatic hydroxyl groups is 2. The number of aliphatic hydroxyl groups excluding tert-OH is 2. The molecule has 0 radical (unpaired) electrons. The van der Waals surface area contributed by atoms with E-state index in [0.29, 0.717) is 13.0 Å². The smallest absolute Gasteiger partial charge is 0.305 e. The molecule has 0 bridgehead atoms. The van der Waals surface area contributed by atoms with Crippen molar-refractivity contribution in [3.05, 3.63) is 72.2 Å². The Labute approximate surface area is 187 Å². The third-order valence-corrected chi connectivity index (χ3v) is 5.56. The van der Waals surface area contributed by atoms with Crippen LogP contribution in [-0.2, 0) is 11.3 Å². The number of carboxylic acid groups (broad SMARTS) is 1. The van der Waals surface area contributed by atoms with Gasteiger partial charge in [0.25, 0.3) is 0 Å². The number of carbonyl (C=O) groups is 1. The Morgan fingerprint density at radius 3 is 2.22 bits per heavy atom. The number of hydrogen-bond donors (Lipinski definition) is 3. The summed E-state index contributed by atoms with van der Waals surface area (Å²) in [7, 11) is 0. The summed E-state index contributed by atoms with van der Waals surface area (Å²) in [5.74, 6) is -1.19. The van der Waals surface area contributed by atoms with Gasteiger partial charge in [-0.05, 0) is 60.2 Å². The van der Waals surface area contributed by atoms with Crippen molar-refractivity contribution in [1.82, 2.24) is 4.57 Å². The molecule has 0 aliphatic rings. The molecule has 3 rings (SSSR count). The maximum atomic E-state index is 13.6. The Hall–Kier alpha value is -2.96. The number of halogens is 1. The van der Waals surface area contributed by atoms with Gasteiger partial charge < -0.3 is 19.9 Å². The largest absolute Gasteiger partial charge is 0.481 e. The van der Waals surface area contributed by atoms with Gasteiger partial charge in [-0.2, -0.15) is 0 Å². The van der Waals surface area contributed by atoms with Crippen LogP contribution in [0.1, 0.15) is 44.7 Å². The zero-order valence-corrected chi connectivity index (χ0v) is 18.4. The minimum atomic E-state index is -1.09. The second-order valence-electron chi connectivity index (χ2n) is 8.44. The Balaban J connectivity index is 1.99. The lowest BCUT2D eigenvalue weighted by Gasteiger charge is -2.20. The summed E-state index contributed by atoms with van der Waals surface area (Å²) < 4.78 is 15.8. The van der Waals surface area contributed by atoms with Crippen molar-refractivity contribution in [1.29, 1.82) is 0 Å². The fourth-order valence-electron chi connectivity index (χ4n) is 4.04. The van der Waals surface area contributed by atoms with Crippen molar-refractivity contribution >= 4 is 5.97 Å². The van der Waals surface area contributed by atoms with Gasteiger partial charge in [0.1, 0.15) is 5.82 Å². The molecule has 0 aliphatic heterocycles. The van der Waals surface area contributed by atoms with Gasteiger partial charge in [-0.25, -0.2) is 4.39 Å². The van der Waals surface area contributed by atoms with E-state index >= 15 is 0 Å². The monoisotopic (exact) mass is 439 g/mol. The average molecular weight is 440 g/mol. The highest BCUT2D eigenvalue weighted by Crippen LogP contribution is 2.38. The molecular weight excluding hydrogens is 409 g/mol. The minimum absolute atomic E-state index is 0.00199. The first kappa shape index (κ1) is 23.7. The van der Waals surface area contributed by atoms with Crippen molar-refractivity contribution in [2.45, 2.75) is 57.8 Å². The van der Waals surface area contributed by atoms with Crippen LogP contribution in [0.15, 0.2) is 60.7 Å². The van der Waals surface area contributed by atoms with Gasteiger partial charge in [0.05, 0.1) is 24.3 Å². The van der Waals surface area contributed by atoms with Crippen LogP contribution in [0.4, 0.5) is 4.39 Å². The zero-order chi connectivity index (χ0) is 23.3. The quantitative estimate of drug-likeness (QED) is 0.412. The summed E-state index contributed by atoms with van der Waals surface area (Å²) >= 11 is 0. The predicted octanol–water partition coefficient (Wildman–Crippen LogP) is 5.06. The lowest BCUT2D eigenvalue weighted by Crippen LogP contribution is -2.22. The molecule has 2 atom stereocenters. The molecule has 0 amide bonds. The molecular formula is C26H30FNO4. The summed E-state index contributed by atoms with van der Waals surface area (Å²) in [5.41, 5.74) is 4.98. The van der Waals surface area contributed by atoms with Gasteiger partial charge in [-0.3, -0.25) is 4.79 Å². The van der Waals surface area contributed by atoms with Gasteiger partial charge >= 0.3 is 5.97 Å². The van der Waals surface area contributed by atoms with Gasteiger partial charge in [0, 0.05) is 17.8 Å². The second-order valence-corrected chi connectivity index (χ2v) is 8.44. The normalized spacial score (nSPS) is 13.3. The molecule has 0 saturated carbocycles. The number of hydrogen-bond acceptors (Lipinski definition) is 3. The molecule has 1 aromatic heterocycles. The second kappa shape index (κ2) is 10.6. The summed E-state index contributed by atoms with van der Waals surface area (Å²) in [5, 5.41) is 29.1. The summed E-state index contributed by atoms with van der Waals surface area (Å²) in [6.07, 6.45) is -1.96. The van der Waals surface area contributed by atoms with E-state index < -0.39 is 24.6 Å². The number of nitrogens with zero attached hydrogens (tertiary/aromatic N) is 1. The van der Waals surface area contributed by atoms with Crippen molar-refractivity contribution < 1.29 is 24.5 Å². The Bertz CT molecular complexity index is 1030. The van der Waals surface area contributed by atoms with E-state index in [1.165, 1.54) is 12.1 Å². The summed E-state index contributed by atoms with van der Waals surface area (Å²) in [6, 6.07) is 18.5. The third-order valence-electron chi connectivity index (χ3n) is 5.56. The number of rotatable bonds is 10. The van der Waals surface area contributed by atoms with Crippen LogP contribution in [0.5, 0.6) is 0 Å². The average Bonchev–Trinajstić information content (AvgIpc) is 3.12. The molecule has 0 saturated heterocycles. The van der Waals surface area contributed by atoms with E-state index in [9.17, 15) is 19.4 Å². The van der Waals surface area contributed by atoms with Gasteiger partial charge in [-0.1, -0.05) is 44.2 Å². The number of aromatic nitrogens is 1. The fraction of sp³-hybridized carbons (Fsp3) is 0.346. The Kier molecular flexibility index (Phi) is 7.83. The Morgan fingerprint density at radius 1 is 0.969 bits per heavy atom. The van der Waals surface area contributed by atoms with E-state index in [-0.39, 0.29) is 18.2 Å². The molecule has 2 aromatic carbocycles. The van der Waals surface area contributed by atoms with E-state index in [2.05, 4.69) is 24.5 Å². The molecule has 0 spiro atoms. The summed E-state index contributed by atoms with van der Waals surface area (Å²) in [4.78, 5) is 10.8. The van der Waals surface area contributed by atoms with Crippen LogP contribution >= 0.6 is 0 Å². The zero-order valence-electron chi connectivity index (χ0n) is 18.4. The highest BCUT2D eigenvalue weighted by atomic mass is 19.1. The first-order valence-corrected chi connectivity index (χ1v) is 10.9. The molecule has 170 valence electrons. The molecule has 1 heterocycles. The highest BCUT2D eigenvalue weighted by Gasteiger charge is 2.21. The predicted molar refractivity (Wildman–Crippen MR) is 123 cm³/mol. The van der Waals surface area contributed by atoms with Crippen LogP contribution in [0.25, 0.3) is 22.4 Å². The number of aliphatic carboxylic acids is 1. The van der Waals surface area contributed by atoms with Crippen molar-refractivity contribution in [2.75, 3.05) is 0 Å². The van der Waals surface area contributed by atoms with E-state index in [0.717, 1.165) is 28.1 Å². The van der Waals surface area contributed by atoms with Crippen LogP contribution in [0, 0.1) is 5.82 Å². The fourth-order valence-corrected chi connectivity index (χ4v) is 4.04. The SMILES string of the molecule is CC(C)c1cc(-c2ccccc2)c(-c2ccc(F)cc2)n1CCC(O)CC(O)CC(=O)O. The molecule has 3 N–H and O–H groups in total. The van der Waals surface area contributed by atoms with E-state index in [1.54, 1.807) is 12.1 Å². The first-order valence-electron chi connectivity index (χ1n) is 10.9. The molecule has 3 aromatic rings. The lowest BCUT2D eigenvalue weighted by atomic mass is 10.0. The molecule has 6 heteroatoms. The maximum absolute atomic E-state index is 13.6. The molecule has 0 aliphatic carbocycles. The number of benzene rings is 2. The maximum Gasteiger partial charge on any atom is 0.305 e. The molecule has 5 nitrogen and oxygen atoms in total. The van der Waals surface area contributed by atoms with Crippen molar-refractivity contribution in [3.63, 3.8) is 0 Å². The van der Waals surface area contributed by atoms with E-state index in [4.69, 9.17) is 5.11 Å². The van der Waals surface area contributed by atoms with Crippen LogP contribution in [0.3, 0.4) is 0 Å². The van der Waals surface area contributed by atoms with Crippen LogP contribution in [-0.4, -0.2) is 38.1 Å². The topological polar surface area (TPSA) is 82.7 Å². The molecule has 32 heavy (non-hydrogen) atoms. The van der Waals surface area contributed by atoms with Crippen molar-refractivity contribution in [2.24, 2.45) is 0 Å². The van der Waals surface area contributed by atoms with Gasteiger partial charge in [0.15, 0.2) is 0 Å². The summed E-state index contributed by atoms with van der Waals surface area (Å²) in [6.45, 7) is 4.68. The first-order chi connectivity index (χ1) is 15.3. The highest BCUT2D eigenvalue weighted by molar-refractivity contribution is 5.82. The standard InChI is InChI=1S/C26H30FNO4/c1-17(2)24-16-23(18-6-4-3-5-7-18)26(19-8-10-20(27)11-9-19)28(24)13-12-21(29)14-22(30)15-25(31)32/h3-11,16-17,21-22,29-30H,12-15H2,1-2H3,(H,31,32). The molecule has 2 unspecified atom stereocenters. The van der Waals surface area contributed by atoms with E-state index in [1.807, 2.05) is 30.3 Å². The third kappa shape index (κ3) is 5.84. The minimum Gasteiger partial charge on any atom is -0.481 e. The molecule has 0 fully saturated rings.